The van der Waals surface area contributed by atoms with Crippen LogP contribution in [0.5, 0.6) is 0 Å². The SMILES string of the molecule is Cn1c2ccccc2c2ccc(-c3ccc4c(c3)c3c(n4-c4ccccc4)CCc4ccccc4-3)cc21. The van der Waals surface area contributed by atoms with Crippen molar-refractivity contribution in [2.45, 2.75) is 12.8 Å². The third-order valence-electron chi connectivity index (χ3n) is 8.25. The van der Waals surface area contributed by atoms with Crippen molar-refractivity contribution in [3.63, 3.8) is 0 Å². The number of aromatic nitrogens is 2. The summed E-state index contributed by atoms with van der Waals surface area (Å²) >= 11 is 0. The molecule has 0 aliphatic heterocycles. The number of rotatable bonds is 2. The van der Waals surface area contributed by atoms with Crippen molar-refractivity contribution in [3.05, 3.63) is 127 Å². The van der Waals surface area contributed by atoms with E-state index in [2.05, 4.69) is 131 Å². The average Bonchev–Trinajstić information content (AvgIpc) is 3.45. The van der Waals surface area contributed by atoms with Crippen molar-refractivity contribution in [2.75, 3.05) is 0 Å². The van der Waals surface area contributed by atoms with Crippen LogP contribution in [0.3, 0.4) is 0 Å². The van der Waals surface area contributed by atoms with Gasteiger partial charge in [0.25, 0.3) is 0 Å². The normalized spacial score (nSPS) is 12.8. The molecular weight excluding hydrogens is 448 g/mol. The Balaban J connectivity index is 1.40. The van der Waals surface area contributed by atoms with E-state index in [1.54, 1.807) is 0 Å². The van der Waals surface area contributed by atoms with Gasteiger partial charge in [0, 0.05) is 51.2 Å². The number of aryl methyl sites for hydroxylation is 2. The van der Waals surface area contributed by atoms with Gasteiger partial charge in [-0.3, -0.25) is 0 Å². The summed E-state index contributed by atoms with van der Waals surface area (Å²) in [6.07, 6.45) is 2.13. The lowest BCUT2D eigenvalue weighted by Crippen LogP contribution is -2.07. The van der Waals surface area contributed by atoms with E-state index in [0.29, 0.717) is 0 Å². The van der Waals surface area contributed by atoms with Crippen LogP contribution in [0.25, 0.3) is 60.6 Å². The van der Waals surface area contributed by atoms with E-state index in [1.807, 2.05) is 0 Å². The number of fused-ring (bicyclic) bond motifs is 8. The van der Waals surface area contributed by atoms with E-state index in [9.17, 15) is 0 Å². The molecule has 2 heterocycles. The van der Waals surface area contributed by atoms with E-state index < -0.39 is 0 Å². The quantitative estimate of drug-likeness (QED) is 0.237. The summed E-state index contributed by atoms with van der Waals surface area (Å²) in [7, 11) is 2.17. The van der Waals surface area contributed by atoms with E-state index in [4.69, 9.17) is 0 Å². The zero-order chi connectivity index (χ0) is 24.5. The number of hydrogen-bond acceptors (Lipinski definition) is 0. The fourth-order valence-electron chi connectivity index (χ4n) is 6.51. The molecule has 0 N–H and O–H groups in total. The maximum Gasteiger partial charge on any atom is 0.0538 e. The number of nitrogens with zero attached hydrogens (tertiary/aromatic N) is 2. The molecule has 0 fully saturated rings. The molecule has 0 unspecified atom stereocenters. The van der Waals surface area contributed by atoms with Crippen LogP contribution >= 0.6 is 0 Å². The minimum absolute atomic E-state index is 1.05. The van der Waals surface area contributed by atoms with E-state index in [0.717, 1.165) is 12.8 Å². The molecule has 1 aliphatic carbocycles. The molecule has 2 heteroatoms. The summed E-state index contributed by atoms with van der Waals surface area (Å²) in [4.78, 5) is 0. The fourth-order valence-corrected chi connectivity index (χ4v) is 6.51. The maximum atomic E-state index is 2.48. The van der Waals surface area contributed by atoms with Gasteiger partial charge < -0.3 is 9.13 Å². The predicted molar refractivity (Wildman–Crippen MR) is 156 cm³/mol. The summed E-state index contributed by atoms with van der Waals surface area (Å²) < 4.78 is 4.80. The molecule has 0 saturated carbocycles. The second kappa shape index (κ2) is 7.72. The van der Waals surface area contributed by atoms with Gasteiger partial charge in [0.2, 0.25) is 0 Å². The summed E-state index contributed by atoms with van der Waals surface area (Å²) in [5.74, 6) is 0. The lowest BCUT2D eigenvalue weighted by Gasteiger charge is -2.19. The van der Waals surface area contributed by atoms with Gasteiger partial charge in [0.05, 0.1) is 5.52 Å². The second-order valence-electron chi connectivity index (χ2n) is 10.2. The van der Waals surface area contributed by atoms with Crippen LogP contribution in [0, 0.1) is 0 Å². The molecule has 2 aromatic heterocycles. The lowest BCUT2D eigenvalue weighted by atomic mass is 9.87. The predicted octanol–water partition coefficient (Wildman–Crippen LogP) is 8.71. The van der Waals surface area contributed by atoms with Gasteiger partial charge in [-0.1, -0.05) is 78.9 Å². The highest BCUT2D eigenvalue weighted by Crippen LogP contribution is 2.43. The molecular formula is C35H26N2. The van der Waals surface area contributed by atoms with Crippen LogP contribution < -0.4 is 0 Å². The van der Waals surface area contributed by atoms with Crippen LogP contribution in [0.1, 0.15) is 11.3 Å². The highest BCUT2D eigenvalue weighted by Gasteiger charge is 2.25. The zero-order valence-corrected chi connectivity index (χ0v) is 20.8. The van der Waals surface area contributed by atoms with E-state index in [-0.39, 0.29) is 0 Å². The van der Waals surface area contributed by atoms with Crippen molar-refractivity contribution >= 4 is 32.7 Å². The molecule has 0 radical (unpaired) electrons. The first-order valence-electron chi connectivity index (χ1n) is 13.1. The van der Waals surface area contributed by atoms with Gasteiger partial charge in [-0.15, -0.1) is 0 Å². The number of hydrogen-bond donors (Lipinski definition) is 0. The standard InChI is InChI=1S/C35H26N2/c1-36-31-14-8-7-13-28(31)29-18-15-25(22-34(29)36)24-17-19-32-30(21-24)35-27-12-6-5-9-23(27)16-20-33(35)37(32)26-10-3-2-4-11-26/h2-15,17-19,21-22H,16,20H2,1H3. The Bertz CT molecular complexity index is 1990. The molecule has 5 aromatic carbocycles. The highest BCUT2D eigenvalue weighted by molar-refractivity contribution is 6.09. The van der Waals surface area contributed by atoms with Crippen molar-refractivity contribution in [2.24, 2.45) is 7.05 Å². The molecule has 0 atom stereocenters. The Morgan fingerprint density at radius 3 is 2.19 bits per heavy atom. The van der Waals surface area contributed by atoms with Crippen molar-refractivity contribution in [1.82, 2.24) is 9.13 Å². The van der Waals surface area contributed by atoms with Crippen LogP contribution in [0.4, 0.5) is 0 Å². The summed E-state index contributed by atoms with van der Waals surface area (Å²) in [6, 6.07) is 42.4. The Morgan fingerprint density at radius 1 is 0.541 bits per heavy atom. The van der Waals surface area contributed by atoms with Gasteiger partial charge >= 0.3 is 0 Å². The van der Waals surface area contributed by atoms with E-state index in [1.165, 1.54) is 71.9 Å². The fraction of sp³-hybridized carbons (Fsp3) is 0.0857. The zero-order valence-electron chi connectivity index (χ0n) is 20.8. The molecule has 8 rings (SSSR count). The summed E-state index contributed by atoms with van der Waals surface area (Å²) in [5.41, 5.74) is 13.2. The third-order valence-corrected chi connectivity index (χ3v) is 8.25. The first-order valence-corrected chi connectivity index (χ1v) is 13.1. The summed E-state index contributed by atoms with van der Waals surface area (Å²) in [5, 5.41) is 3.96. The molecule has 7 aromatic rings. The molecule has 0 spiro atoms. The molecule has 0 amide bonds. The molecule has 1 aliphatic rings. The Kier molecular flexibility index (Phi) is 4.30. The molecule has 0 bridgehead atoms. The van der Waals surface area contributed by atoms with Crippen molar-refractivity contribution in [1.29, 1.82) is 0 Å². The maximum absolute atomic E-state index is 2.48. The third kappa shape index (κ3) is 2.93. The van der Waals surface area contributed by atoms with E-state index >= 15 is 0 Å². The number of benzene rings is 5. The Morgan fingerprint density at radius 2 is 1.27 bits per heavy atom. The van der Waals surface area contributed by atoms with Gasteiger partial charge in [0.1, 0.15) is 0 Å². The number of para-hydroxylation sites is 2. The topological polar surface area (TPSA) is 9.86 Å². The van der Waals surface area contributed by atoms with Crippen molar-refractivity contribution < 1.29 is 0 Å². The average molecular weight is 475 g/mol. The highest BCUT2D eigenvalue weighted by atomic mass is 15.0. The van der Waals surface area contributed by atoms with Crippen LogP contribution in [-0.4, -0.2) is 9.13 Å². The molecule has 0 saturated heterocycles. The first kappa shape index (κ1) is 20.6. The second-order valence-corrected chi connectivity index (χ2v) is 10.2. The lowest BCUT2D eigenvalue weighted by molar-refractivity contribution is 0.865. The Labute approximate surface area is 216 Å². The smallest absolute Gasteiger partial charge is 0.0538 e. The van der Waals surface area contributed by atoms with Crippen LogP contribution in [-0.2, 0) is 19.9 Å². The molecule has 176 valence electrons. The minimum Gasteiger partial charge on any atom is -0.344 e. The van der Waals surface area contributed by atoms with Crippen molar-refractivity contribution in [3.8, 4) is 27.9 Å². The molecule has 2 nitrogen and oxygen atoms in total. The van der Waals surface area contributed by atoms with Crippen LogP contribution in [0.15, 0.2) is 115 Å². The van der Waals surface area contributed by atoms with Gasteiger partial charge in [-0.05, 0) is 71.5 Å². The minimum atomic E-state index is 1.05. The van der Waals surface area contributed by atoms with Gasteiger partial charge in [-0.2, -0.15) is 0 Å². The summed E-state index contributed by atoms with van der Waals surface area (Å²) in [6.45, 7) is 0. The molecule has 37 heavy (non-hydrogen) atoms. The van der Waals surface area contributed by atoms with Gasteiger partial charge in [-0.25, -0.2) is 0 Å². The monoisotopic (exact) mass is 474 g/mol. The van der Waals surface area contributed by atoms with Gasteiger partial charge in [0.15, 0.2) is 0 Å². The van der Waals surface area contributed by atoms with Crippen LogP contribution in [0.2, 0.25) is 0 Å². The Hall–Kier alpha value is -4.56. The first-order chi connectivity index (χ1) is 18.3. The largest absolute Gasteiger partial charge is 0.344 e.